The van der Waals surface area contributed by atoms with Crippen LogP contribution in [0, 0.1) is 11.7 Å². The van der Waals surface area contributed by atoms with Gasteiger partial charge in [0.2, 0.25) is 0 Å². The van der Waals surface area contributed by atoms with Crippen LogP contribution in [0.2, 0.25) is 0 Å². The van der Waals surface area contributed by atoms with Gasteiger partial charge < -0.3 is 20.5 Å². The number of nitrogens with zero attached hydrogens (tertiary/aromatic N) is 2. The Hall–Kier alpha value is -1.13. The minimum Gasteiger partial charge on any atom is -0.505 e. The number of halogens is 2. The van der Waals surface area contributed by atoms with Gasteiger partial charge in [-0.3, -0.25) is 4.90 Å². The smallest absolute Gasteiger partial charge is 0.191 e. The van der Waals surface area contributed by atoms with Crippen LogP contribution in [-0.2, 0) is 11.3 Å². The molecule has 1 aliphatic rings. The summed E-state index contributed by atoms with van der Waals surface area (Å²) in [6, 6.07) is 4.32. The molecule has 6 nitrogen and oxygen atoms in total. The van der Waals surface area contributed by atoms with E-state index in [0.29, 0.717) is 30.5 Å². The quantitative estimate of drug-likeness (QED) is 0.309. The Morgan fingerprint density at radius 3 is 2.85 bits per heavy atom. The summed E-state index contributed by atoms with van der Waals surface area (Å²) >= 11 is 0. The number of phenolic OH excluding ortho intramolecular Hbond substituents is 1. The second kappa shape index (κ2) is 12.4. The van der Waals surface area contributed by atoms with Gasteiger partial charge in [0.05, 0.1) is 19.3 Å². The number of hydrogen-bond acceptors (Lipinski definition) is 4. The monoisotopic (exact) mass is 494 g/mol. The molecule has 0 spiro atoms. The second-order valence-electron chi connectivity index (χ2n) is 7.01. The Balaban J connectivity index is 0.00000364. The van der Waals surface area contributed by atoms with Crippen molar-refractivity contribution in [2.24, 2.45) is 10.9 Å². The molecule has 0 amide bonds. The highest BCUT2D eigenvalue weighted by atomic mass is 127. The summed E-state index contributed by atoms with van der Waals surface area (Å²) in [6.45, 7) is 11.9. The fraction of sp³-hybridized carbons (Fsp3) is 0.632. The van der Waals surface area contributed by atoms with E-state index in [1.807, 2.05) is 6.92 Å². The third kappa shape index (κ3) is 8.61. The summed E-state index contributed by atoms with van der Waals surface area (Å²) < 4.78 is 19.3. The molecule has 27 heavy (non-hydrogen) atoms. The van der Waals surface area contributed by atoms with Crippen molar-refractivity contribution in [2.45, 2.75) is 33.4 Å². The van der Waals surface area contributed by atoms with Crippen LogP contribution >= 0.6 is 24.0 Å². The van der Waals surface area contributed by atoms with Crippen LogP contribution in [0.3, 0.4) is 0 Å². The number of aliphatic imine (C=N–C) groups is 1. The molecular formula is C19H32FIN4O2. The first-order valence-corrected chi connectivity index (χ1v) is 9.31. The minimum atomic E-state index is -0.628. The zero-order valence-electron chi connectivity index (χ0n) is 16.4. The lowest BCUT2D eigenvalue weighted by molar-refractivity contribution is -0.0284. The fourth-order valence-corrected chi connectivity index (χ4v) is 2.96. The molecule has 0 radical (unpaired) electrons. The second-order valence-corrected chi connectivity index (χ2v) is 7.01. The topological polar surface area (TPSA) is 69.1 Å². The van der Waals surface area contributed by atoms with E-state index in [9.17, 15) is 9.50 Å². The van der Waals surface area contributed by atoms with E-state index < -0.39 is 5.82 Å². The number of guanidine groups is 1. The summed E-state index contributed by atoms with van der Waals surface area (Å²) in [6.07, 6.45) is 0.123. The largest absolute Gasteiger partial charge is 0.505 e. The number of ether oxygens (including phenoxy) is 1. The molecule has 1 unspecified atom stereocenters. The molecule has 1 aliphatic heterocycles. The van der Waals surface area contributed by atoms with Crippen molar-refractivity contribution in [3.05, 3.63) is 29.6 Å². The zero-order valence-corrected chi connectivity index (χ0v) is 18.7. The average molecular weight is 494 g/mol. The molecular weight excluding hydrogens is 462 g/mol. The Morgan fingerprint density at radius 2 is 2.19 bits per heavy atom. The average Bonchev–Trinajstić information content (AvgIpc) is 2.60. The lowest BCUT2D eigenvalue weighted by Gasteiger charge is -2.34. The van der Waals surface area contributed by atoms with Crippen LogP contribution in [0.15, 0.2) is 23.2 Å². The molecule has 0 saturated carbocycles. The standard InChI is InChI=1S/C19H31FN4O2.HI/c1-4-21-19(22-10-15-5-6-18(25)17(20)9-15)23-11-16-13-24(7-8-26-16)12-14(2)3;/h5-6,9,14,16,25H,4,7-8,10-13H2,1-3H3,(H2,21,22,23);1H. The number of aromatic hydroxyl groups is 1. The van der Waals surface area contributed by atoms with Crippen molar-refractivity contribution < 1.29 is 14.2 Å². The molecule has 1 atom stereocenters. The van der Waals surface area contributed by atoms with Crippen molar-refractivity contribution in [1.82, 2.24) is 15.5 Å². The number of phenols is 1. The first-order chi connectivity index (χ1) is 12.5. The van der Waals surface area contributed by atoms with Crippen LogP contribution < -0.4 is 10.6 Å². The van der Waals surface area contributed by atoms with E-state index in [1.165, 1.54) is 12.1 Å². The Labute approximate surface area is 178 Å². The lowest BCUT2D eigenvalue weighted by Crippen LogP contribution is -2.50. The van der Waals surface area contributed by atoms with Crippen molar-refractivity contribution in [1.29, 1.82) is 0 Å². The van der Waals surface area contributed by atoms with Gasteiger partial charge in [-0.05, 0) is 30.5 Å². The highest BCUT2D eigenvalue weighted by molar-refractivity contribution is 14.0. The van der Waals surface area contributed by atoms with Crippen LogP contribution in [0.25, 0.3) is 0 Å². The molecule has 0 aliphatic carbocycles. The molecule has 154 valence electrons. The number of hydrogen-bond donors (Lipinski definition) is 3. The van der Waals surface area contributed by atoms with E-state index >= 15 is 0 Å². The first kappa shape index (κ1) is 23.9. The van der Waals surface area contributed by atoms with E-state index in [-0.39, 0.29) is 35.8 Å². The summed E-state index contributed by atoms with van der Waals surface area (Å²) in [5.74, 6) is 0.344. The predicted molar refractivity (Wildman–Crippen MR) is 117 cm³/mol. The van der Waals surface area contributed by atoms with E-state index in [2.05, 4.69) is 34.4 Å². The van der Waals surface area contributed by atoms with Crippen molar-refractivity contribution in [3.63, 3.8) is 0 Å². The molecule has 1 fully saturated rings. The molecule has 0 aromatic heterocycles. The SMILES string of the molecule is CCNC(=NCc1ccc(O)c(F)c1)NCC1CN(CC(C)C)CCO1.I. The number of nitrogens with one attached hydrogen (secondary N) is 2. The number of benzene rings is 1. The van der Waals surface area contributed by atoms with Gasteiger partial charge in [0, 0.05) is 32.7 Å². The lowest BCUT2D eigenvalue weighted by atomic mass is 10.2. The Kier molecular flexibility index (Phi) is 10.9. The van der Waals surface area contributed by atoms with Crippen molar-refractivity contribution >= 4 is 29.9 Å². The number of rotatable bonds is 7. The van der Waals surface area contributed by atoms with Gasteiger partial charge in [0.25, 0.3) is 0 Å². The number of morpholine rings is 1. The van der Waals surface area contributed by atoms with Gasteiger partial charge >= 0.3 is 0 Å². The maximum absolute atomic E-state index is 13.4. The highest BCUT2D eigenvalue weighted by Gasteiger charge is 2.21. The van der Waals surface area contributed by atoms with Gasteiger partial charge in [0.15, 0.2) is 17.5 Å². The summed E-state index contributed by atoms with van der Waals surface area (Å²) in [7, 11) is 0. The summed E-state index contributed by atoms with van der Waals surface area (Å²) in [5.41, 5.74) is 0.703. The zero-order chi connectivity index (χ0) is 18.9. The van der Waals surface area contributed by atoms with E-state index in [0.717, 1.165) is 32.8 Å². The maximum Gasteiger partial charge on any atom is 0.191 e. The first-order valence-electron chi connectivity index (χ1n) is 9.31. The van der Waals surface area contributed by atoms with Crippen molar-refractivity contribution in [3.8, 4) is 5.75 Å². The molecule has 2 rings (SSSR count). The third-order valence-electron chi connectivity index (χ3n) is 4.12. The fourth-order valence-electron chi connectivity index (χ4n) is 2.96. The van der Waals surface area contributed by atoms with Crippen LogP contribution in [0.5, 0.6) is 5.75 Å². The molecule has 8 heteroatoms. The Bertz CT molecular complexity index is 601. The highest BCUT2D eigenvalue weighted by Crippen LogP contribution is 2.16. The van der Waals surface area contributed by atoms with Crippen molar-refractivity contribution in [2.75, 3.05) is 39.3 Å². The van der Waals surface area contributed by atoms with Gasteiger partial charge in [-0.25, -0.2) is 9.38 Å². The maximum atomic E-state index is 13.4. The van der Waals surface area contributed by atoms with Crippen LogP contribution in [0.4, 0.5) is 4.39 Å². The normalized spacial score (nSPS) is 18.3. The van der Waals surface area contributed by atoms with Gasteiger partial charge in [-0.15, -0.1) is 24.0 Å². The van der Waals surface area contributed by atoms with Crippen LogP contribution in [-0.4, -0.2) is 61.4 Å². The van der Waals surface area contributed by atoms with E-state index in [4.69, 9.17) is 4.74 Å². The molecule has 3 N–H and O–H groups in total. The molecule has 1 saturated heterocycles. The van der Waals surface area contributed by atoms with Crippen LogP contribution in [0.1, 0.15) is 26.3 Å². The molecule has 1 aromatic carbocycles. The molecule has 1 aromatic rings. The molecule has 0 bridgehead atoms. The summed E-state index contributed by atoms with van der Waals surface area (Å²) in [4.78, 5) is 6.92. The van der Waals surface area contributed by atoms with E-state index in [1.54, 1.807) is 6.07 Å². The van der Waals surface area contributed by atoms with Gasteiger partial charge in [-0.2, -0.15) is 0 Å². The predicted octanol–water partition coefficient (Wildman–Crippen LogP) is 2.56. The third-order valence-corrected chi connectivity index (χ3v) is 4.12. The molecule has 1 heterocycles. The Morgan fingerprint density at radius 1 is 1.41 bits per heavy atom. The summed E-state index contributed by atoms with van der Waals surface area (Å²) in [5, 5.41) is 15.7. The minimum absolute atomic E-state index is 0. The van der Waals surface area contributed by atoms with Gasteiger partial charge in [0.1, 0.15) is 0 Å². The van der Waals surface area contributed by atoms with Gasteiger partial charge in [-0.1, -0.05) is 19.9 Å².